The van der Waals surface area contributed by atoms with Crippen LogP contribution in [0.3, 0.4) is 0 Å². The largest absolute Gasteiger partial charge is 0.273 e. The van der Waals surface area contributed by atoms with Crippen LogP contribution >= 0.6 is 11.8 Å². The van der Waals surface area contributed by atoms with Gasteiger partial charge in [0.25, 0.3) is 5.69 Å². The Morgan fingerprint density at radius 1 is 1.21 bits per heavy atom. The van der Waals surface area contributed by atoms with Crippen LogP contribution in [0.5, 0.6) is 0 Å². The third-order valence-electron chi connectivity index (χ3n) is 3.92. The molecule has 1 fully saturated rings. The first-order chi connectivity index (χ1) is 11.4. The van der Waals surface area contributed by atoms with Gasteiger partial charge in [-0.15, -0.1) is 11.8 Å². The molecule has 6 nitrogen and oxygen atoms in total. The van der Waals surface area contributed by atoms with Gasteiger partial charge in [0.1, 0.15) is 0 Å². The van der Waals surface area contributed by atoms with Gasteiger partial charge in [0, 0.05) is 23.9 Å². The van der Waals surface area contributed by atoms with Crippen LogP contribution in [0.15, 0.2) is 53.4 Å². The van der Waals surface area contributed by atoms with Gasteiger partial charge in [0.15, 0.2) is 0 Å². The van der Waals surface area contributed by atoms with Crippen molar-refractivity contribution in [2.75, 3.05) is 12.3 Å². The summed E-state index contributed by atoms with van der Waals surface area (Å²) in [5.74, 6) is 0.687. The summed E-state index contributed by atoms with van der Waals surface area (Å²) in [4.78, 5) is 10.5. The second-order valence-electron chi connectivity index (χ2n) is 5.45. The quantitative estimate of drug-likeness (QED) is 0.614. The minimum Gasteiger partial charge on any atom is -0.258 e. The first-order valence-corrected chi connectivity index (χ1v) is 9.83. The smallest absolute Gasteiger partial charge is 0.258 e. The topological polar surface area (TPSA) is 80.5 Å². The Balaban J connectivity index is 2.01. The van der Waals surface area contributed by atoms with E-state index in [9.17, 15) is 18.5 Å². The number of nitrogens with zero attached hydrogens (tertiary/aromatic N) is 2. The number of sulfonamides is 1. The number of aryl methyl sites for hydroxylation is 1. The van der Waals surface area contributed by atoms with Crippen LogP contribution in [-0.4, -0.2) is 29.9 Å². The number of nitro benzene ring substituents is 1. The highest BCUT2D eigenvalue weighted by atomic mass is 32.2. The number of benzene rings is 2. The summed E-state index contributed by atoms with van der Waals surface area (Å²) in [6, 6.07) is 13.5. The lowest BCUT2D eigenvalue weighted by atomic mass is 10.2. The summed E-state index contributed by atoms with van der Waals surface area (Å²) in [6.45, 7) is 1.97. The Morgan fingerprint density at radius 3 is 2.58 bits per heavy atom. The predicted molar refractivity (Wildman–Crippen MR) is 93.4 cm³/mol. The average molecular weight is 364 g/mol. The third kappa shape index (κ3) is 3.04. The van der Waals surface area contributed by atoms with Gasteiger partial charge in [-0.25, -0.2) is 8.42 Å². The van der Waals surface area contributed by atoms with Crippen LogP contribution in [0.25, 0.3) is 0 Å². The molecule has 0 N–H and O–H groups in total. The van der Waals surface area contributed by atoms with Crippen molar-refractivity contribution >= 4 is 27.5 Å². The molecule has 126 valence electrons. The van der Waals surface area contributed by atoms with E-state index < -0.39 is 14.9 Å². The normalized spacial score (nSPS) is 18.6. The minimum atomic E-state index is -3.80. The summed E-state index contributed by atoms with van der Waals surface area (Å²) < 4.78 is 27.4. The van der Waals surface area contributed by atoms with E-state index in [1.165, 1.54) is 16.4 Å². The molecule has 0 aromatic heterocycles. The van der Waals surface area contributed by atoms with E-state index in [4.69, 9.17) is 0 Å². The lowest BCUT2D eigenvalue weighted by molar-refractivity contribution is -0.385. The molecule has 0 radical (unpaired) electrons. The Morgan fingerprint density at radius 2 is 1.92 bits per heavy atom. The second-order valence-corrected chi connectivity index (χ2v) is 8.53. The van der Waals surface area contributed by atoms with E-state index in [0.29, 0.717) is 17.9 Å². The van der Waals surface area contributed by atoms with Gasteiger partial charge >= 0.3 is 0 Å². The lowest BCUT2D eigenvalue weighted by Crippen LogP contribution is -2.30. The van der Waals surface area contributed by atoms with Crippen LogP contribution in [0.1, 0.15) is 16.5 Å². The van der Waals surface area contributed by atoms with Gasteiger partial charge in [-0.05, 0) is 18.6 Å². The van der Waals surface area contributed by atoms with Gasteiger partial charge in [0.05, 0.1) is 15.2 Å². The molecule has 1 heterocycles. The van der Waals surface area contributed by atoms with E-state index in [1.54, 1.807) is 18.7 Å². The molecule has 1 atom stereocenters. The van der Waals surface area contributed by atoms with E-state index >= 15 is 0 Å². The van der Waals surface area contributed by atoms with Gasteiger partial charge in [-0.1, -0.05) is 36.4 Å². The zero-order chi connectivity index (χ0) is 17.3. The molecule has 1 unspecified atom stereocenters. The maximum atomic E-state index is 13.0. The molecule has 0 spiro atoms. The fourth-order valence-corrected chi connectivity index (χ4v) is 5.92. The zero-order valence-corrected chi connectivity index (χ0v) is 14.6. The van der Waals surface area contributed by atoms with Gasteiger partial charge in [-0.2, -0.15) is 4.31 Å². The van der Waals surface area contributed by atoms with Gasteiger partial charge < -0.3 is 0 Å². The first kappa shape index (κ1) is 16.9. The molecular weight excluding hydrogens is 348 g/mol. The molecule has 2 aromatic carbocycles. The van der Waals surface area contributed by atoms with Gasteiger partial charge in [0.2, 0.25) is 10.0 Å². The number of nitro groups is 1. The van der Waals surface area contributed by atoms with Gasteiger partial charge in [-0.3, -0.25) is 10.1 Å². The fourth-order valence-electron chi connectivity index (χ4n) is 2.66. The van der Waals surface area contributed by atoms with Crippen LogP contribution in [0.2, 0.25) is 0 Å². The molecule has 0 amide bonds. The van der Waals surface area contributed by atoms with E-state index in [0.717, 1.165) is 11.6 Å². The zero-order valence-electron chi connectivity index (χ0n) is 13.0. The maximum absolute atomic E-state index is 13.0. The minimum absolute atomic E-state index is 0.0387. The Labute approximate surface area is 144 Å². The third-order valence-corrected chi connectivity index (χ3v) is 7.17. The Bertz CT molecular complexity index is 869. The van der Waals surface area contributed by atoms with Crippen molar-refractivity contribution < 1.29 is 13.3 Å². The van der Waals surface area contributed by atoms with Crippen molar-refractivity contribution in [2.24, 2.45) is 0 Å². The highest BCUT2D eigenvalue weighted by Crippen LogP contribution is 2.41. The van der Waals surface area contributed by atoms with Crippen LogP contribution in [0, 0.1) is 17.0 Å². The van der Waals surface area contributed by atoms with Crippen LogP contribution < -0.4 is 0 Å². The first-order valence-electron chi connectivity index (χ1n) is 7.34. The van der Waals surface area contributed by atoms with Crippen molar-refractivity contribution in [3.8, 4) is 0 Å². The highest BCUT2D eigenvalue weighted by molar-refractivity contribution is 8.01. The number of hydrogen-bond acceptors (Lipinski definition) is 5. The molecule has 1 aliphatic rings. The average Bonchev–Trinajstić information content (AvgIpc) is 3.06. The van der Waals surface area contributed by atoms with Crippen molar-refractivity contribution in [1.82, 2.24) is 4.31 Å². The molecule has 0 bridgehead atoms. The summed E-state index contributed by atoms with van der Waals surface area (Å²) in [7, 11) is -3.80. The highest BCUT2D eigenvalue weighted by Gasteiger charge is 2.37. The molecule has 2 aromatic rings. The fraction of sp³-hybridized carbons (Fsp3) is 0.250. The predicted octanol–water partition coefficient (Wildman–Crippen LogP) is 3.34. The van der Waals surface area contributed by atoms with Crippen LogP contribution in [0.4, 0.5) is 5.69 Å². The molecule has 0 saturated carbocycles. The van der Waals surface area contributed by atoms with Crippen molar-refractivity contribution in [2.45, 2.75) is 17.2 Å². The monoisotopic (exact) mass is 364 g/mol. The lowest BCUT2D eigenvalue weighted by Gasteiger charge is -2.23. The molecule has 3 rings (SSSR count). The Hall–Kier alpha value is -1.90. The number of hydrogen-bond donors (Lipinski definition) is 0. The number of thioether (sulfide) groups is 1. The molecule has 8 heteroatoms. The standard InChI is InChI=1S/C16H16N2O4S2/c1-12-7-8-14(11-15(12)18(19)20)24(21,22)17-9-10-23-16(17)13-5-3-2-4-6-13/h2-8,11,16H,9-10H2,1H3. The summed E-state index contributed by atoms with van der Waals surface area (Å²) >= 11 is 1.55. The molecule has 24 heavy (non-hydrogen) atoms. The summed E-state index contributed by atoms with van der Waals surface area (Å²) in [6.07, 6.45) is 0. The molecule has 1 aliphatic heterocycles. The second kappa shape index (κ2) is 6.54. The summed E-state index contributed by atoms with van der Waals surface area (Å²) in [5.41, 5.74) is 1.17. The van der Waals surface area contributed by atoms with Crippen molar-refractivity contribution in [1.29, 1.82) is 0 Å². The van der Waals surface area contributed by atoms with Crippen molar-refractivity contribution in [3.63, 3.8) is 0 Å². The Kier molecular flexibility index (Phi) is 4.62. The summed E-state index contributed by atoms with van der Waals surface area (Å²) in [5, 5.41) is 10.8. The van der Waals surface area contributed by atoms with Crippen molar-refractivity contribution in [3.05, 3.63) is 69.8 Å². The molecule has 1 saturated heterocycles. The molecular formula is C16H16N2O4S2. The van der Waals surface area contributed by atoms with E-state index in [-0.39, 0.29) is 16.0 Å². The van der Waals surface area contributed by atoms with E-state index in [2.05, 4.69) is 0 Å². The number of rotatable bonds is 4. The van der Waals surface area contributed by atoms with Crippen LogP contribution in [-0.2, 0) is 10.0 Å². The molecule has 0 aliphatic carbocycles. The maximum Gasteiger partial charge on any atom is 0.273 e. The SMILES string of the molecule is Cc1ccc(S(=O)(=O)N2CCSC2c2ccccc2)cc1[N+](=O)[O-]. The van der Waals surface area contributed by atoms with E-state index in [1.807, 2.05) is 30.3 Å².